The number of nitrogen functional groups attached to an aromatic ring is 1. The first-order valence-corrected chi connectivity index (χ1v) is 5.50. The molecule has 0 saturated heterocycles. The Kier molecular flexibility index (Phi) is 4.91. The first-order valence-electron chi connectivity index (χ1n) is 4.71. The van der Waals surface area contributed by atoms with Crippen molar-refractivity contribution in [2.24, 2.45) is 0 Å². The van der Waals surface area contributed by atoms with Crippen LogP contribution in [0, 0.1) is 0 Å². The number of nitrogens with zero attached hydrogens (tertiary/aromatic N) is 3. The number of nitrogens with two attached hydrogens (primary N) is 1. The Labute approximate surface area is 103 Å². The molecule has 0 radical (unpaired) electrons. The average molecular weight is 291 g/mol. The second kappa shape index (κ2) is 5.97. The van der Waals surface area contributed by atoms with Crippen LogP contribution in [0.3, 0.4) is 0 Å². The molecule has 0 amide bonds. The fourth-order valence-electron chi connectivity index (χ4n) is 1.24. The van der Waals surface area contributed by atoms with Crippen LogP contribution >= 0.6 is 15.9 Å². The number of aromatic nitrogens is 2. The highest BCUT2D eigenvalue weighted by Gasteiger charge is 2.11. The van der Waals surface area contributed by atoms with Crippen molar-refractivity contribution < 1.29 is 9.84 Å². The predicted molar refractivity (Wildman–Crippen MR) is 65.3 cm³/mol. The lowest BCUT2D eigenvalue weighted by atomic mass is 10.3. The topological polar surface area (TPSA) is 84.5 Å². The van der Waals surface area contributed by atoms with Gasteiger partial charge in [0.25, 0.3) is 0 Å². The first kappa shape index (κ1) is 13.1. The van der Waals surface area contributed by atoms with Gasteiger partial charge in [-0.1, -0.05) is 0 Å². The highest BCUT2D eigenvalue weighted by Crippen LogP contribution is 2.14. The van der Waals surface area contributed by atoms with Crippen molar-refractivity contribution in [2.45, 2.75) is 6.10 Å². The standard InChI is InChI=1S/C9H15BrN4O2/c1-14(4-6(15)5-16-2)9-12-7(10)3-8(11)13-9/h3,6,15H,4-5H2,1-2H3,(H2,11,12,13). The molecular formula is C9H15BrN4O2. The van der Waals surface area contributed by atoms with Gasteiger partial charge in [0, 0.05) is 26.8 Å². The van der Waals surface area contributed by atoms with Gasteiger partial charge in [0.05, 0.1) is 12.7 Å². The number of anilines is 2. The second-order valence-electron chi connectivity index (χ2n) is 3.41. The minimum atomic E-state index is -0.584. The van der Waals surface area contributed by atoms with Crippen LogP contribution in [0.1, 0.15) is 0 Å². The highest BCUT2D eigenvalue weighted by molar-refractivity contribution is 9.10. The molecule has 0 aromatic carbocycles. The zero-order chi connectivity index (χ0) is 12.1. The Morgan fingerprint density at radius 2 is 2.31 bits per heavy atom. The molecule has 0 aliphatic heterocycles. The van der Waals surface area contributed by atoms with Crippen LogP contribution < -0.4 is 10.6 Å². The van der Waals surface area contributed by atoms with Crippen LogP contribution in [-0.4, -0.2) is 48.5 Å². The molecule has 7 heteroatoms. The minimum Gasteiger partial charge on any atom is -0.389 e. The van der Waals surface area contributed by atoms with E-state index >= 15 is 0 Å². The SMILES string of the molecule is COCC(O)CN(C)c1nc(N)cc(Br)n1. The van der Waals surface area contributed by atoms with Gasteiger partial charge in [-0.15, -0.1) is 0 Å². The normalized spacial score (nSPS) is 12.5. The molecule has 1 unspecified atom stereocenters. The zero-order valence-corrected chi connectivity index (χ0v) is 10.8. The fraction of sp³-hybridized carbons (Fsp3) is 0.556. The van der Waals surface area contributed by atoms with Crippen LogP contribution in [0.4, 0.5) is 11.8 Å². The first-order chi connectivity index (χ1) is 7.52. The summed E-state index contributed by atoms with van der Waals surface area (Å²) in [5, 5.41) is 9.55. The molecule has 1 heterocycles. The molecule has 90 valence electrons. The summed E-state index contributed by atoms with van der Waals surface area (Å²) < 4.78 is 5.45. The van der Waals surface area contributed by atoms with Gasteiger partial charge in [-0.25, -0.2) is 4.98 Å². The van der Waals surface area contributed by atoms with Gasteiger partial charge in [-0.2, -0.15) is 4.98 Å². The quantitative estimate of drug-likeness (QED) is 0.757. The van der Waals surface area contributed by atoms with E-state index in [1.54, 1.807) is 18.0 Å². The van der Waals surface area contributed by atoms with Crippen molar-refractivity contribution in [3.63, 3.8) is 0 Å². The van der Waals surface area contributed by atoms with E-state index in [4.69, 9.17) is 10.5 Å². The van der Waals surface area contributed by atoms with Gasteiger partial charge in [0.1, 0.15) is 10.4 Å². The summed E-state index contributed by atoms with van der Waals surface area (Å²) in [5.74, 6) is 0.840. The molecule has 16 heavy (non-hydrogen) atoms. The lowest BCUT2D eigenvalue weighted by Crippen LogP contribution is -2.33. The molecule has 0 aliphatic rings. The van der Waals surface area contributed by atoms with E-state index in [-0.39, 0.29) is 6.61 Å². The van der Waals surface area contributed by atoms with Crippen molar-refractivity contribution >= 4 is 27.7 Å². The van der Waals surface area contributed by atoms with Gasteiger partial charge < -0.3 is 20.5 Å². The Morgan fingerprint density at radius 3 is 2.88 bits per heavy atom. The number of likely N-dealkylation sites (N-methyl/N-ethyl adjacent to an activating group) is 1. The van der Waals surface area contributed by atoms with E-state index in [0.717, 1.165) is 0 Å². The number of rotatable bonds is 5. The van der Waals surface area contributed by atoms with Gasteiger partial charge in [-0.3, -0.25) is 0 Å². The number of halogens is 1. The molecule has 1 aromatic heterocycles. The third kappa shape index (κ3) is 3.92. The van der Waals surface area contributed by atoms with Crippen molar-refractivity contribution in [1.82, 2.24) is 9.97 Å². The summed E-state index contributed by atoms with van der Waals surface area (Å²) in [6, 6.07) is 1.61. The molecule has 0 aliphatic carbocycles. The third-order valence-electron chi connectivity index (χ3n) is 1.89. The van der Waals surface area contributed by atoms with Gasteiger partial charge in [0.15, 0.2) is 0 Å². The van der Waals surface area contributed by atoms with E-state index in [0.29, 0.717) is 22.9 Å². The average Bonchev–Trinajstić information content (AvgIpc) is 2.16. The number of hydrogen-bond donors (Lipinski definition) is 2. The van der Waals surface area contributed by atoms with Crippen LogP contribution in [0.25, 0.3) is 0 Å². The maximum absolute atomic E-state index is 9.55. The lowest BCUT2D eigenvalue weighted by molar-refractivity contribution is 0.0693. The number of methoxy groups -OCH3 is 1. The van der Waals surface area contributed by atoms with E-state index in [1.807, 2.05) is 0 Å². The van der Waals surface area contributed by atoms with Crippen LogP contribution in [0.15, 0.2) is 10.7 Å². The molecule has 0 saturated carbocycles. The summed E-state index contributed by atoms with van der Waals surface area (Å²) in [7, 11) is 3.32. The van der Waals surface area contributed by atoms with Crippen molar-refractivity contribution in [3.8, 4) is 0 Å². The molecule has 1 aromatic rings. The number of ether oxygens (including phenoxy) is 1. The number of hydrogen-bond acceptors (Lipinski definition) is 6. The summed E-state index contributed by atoms with van der Waals surface area (Å²) in [5.41, 5.74) is 5.59. The molecule has 1 atom stereocenters. The Bertz CT molecular complexity index is 330. The molecule has 0 spiro atoms. The van der Waals surface area contributed by atoms with E-state index < -0.39 is 6.10 Å². The lowest BCUT2D eigenvalue weighted by Gasteiger charge is -2.20. The van der Waals surface area contributed by atoms with Crippen LogP contribution in [0.2, 0.25) is 0 Å². The van der Waals surface area contributed by atoms with Crippen molar-refractivity contribution in [1.29, 1.82) is 0 Å². The number of aliphatic hydroxyl groups excluding tert-OH is 1. The minimum absolute atomic E-state index is 0.272. The summed E-state index contributed by atoms with van der Waals surface area (Å²) in [6.45, 7) is 0.650. The molecule has 1 rings (SSSR count). The fourth-order valence-corrected chi connectivity index (χ4v) is 1.63. The molecular weight excluding hydrogens is 276 g/mol. The van der Waals surface area contributed by atoms with Crippen LogP contribution in [0.5, 0.6) is 0 Å². The largest absolute Gasteiger partial charge is 0.389 e. The Morgan fingerprint density at radius 1 is 1.62 bits per heavy atom. The molecule has 6 nitrogen and oxygen atoms in total. The van der Waals surface area contributed by atoms with E-state index in [9.17, 15) is 5.11 Å². The zero-order valence-electron chi connectivity index (χ0n) is 9.22. The van der Waals surface area contributed by atoms with Gasteiger partial charge in [0.2, 0.25) is 5.95 Å². The summed E-state index contributed by atoms with van der Waals surface area (Å²) in [4.78, 5) is 9.92. The third-order valence-corrected chi connectivity index (χ3v) is 2.29. The summed E-state index contributed by atoms with van der Waals surface area (Å²) >= 11 is 3.23. The second-order valence-corrected chi connectivity index (χ2v) is 4.22. The Balaban J connectivity index is 2.68. The van der Waals surface area contributed by atoms with Crippen molar-refractivity contribution in [2.75, 3.05) is 37.9 Å². The van der Waals surface area contributed by atoms with Gasteiger partial charge >= 0.3 is 0 Å². The monoisotopic (exact) mass is 290 g/mol. The van der Waals surface area contributed by atoms with E-state index in [2.05, 4.69) is 25.9 Å². The van der Waals surface area contributed by atoms with Crippen LogP contribution in [-0.2, 0) is 4.74 Å². The smallest absolute Gasteiger partial charge is 0.228 e. The summed E-state index contributed by atoms with van der Waals surface area (Å²) in [6.07, 6.45) is -0.584. The van der Waals surface area contributed by atoms with E-state index in [1.165, 1.54) is 7.11 Å². The molecule has 0 fully saturated rings. The predicted octanol–water partition coefficient (Wildman–Crippen LogP) is 0.265. The maximum atomic E-state index is 9.55. The molecule has 3 N–H and O–H groups in total. The Hall–Kier alpha value is -0.920. The maximum Gasteiger partial charge on any atom is 0.228 e. The number of aliphatic hydroxyl groups is 1. The van der Waals surface area contributed by atoms with Gasteiger partial charge in [-0.05, 0) is 15.9 Å². The van der Waals surface area contributed by atoms with Crippen molar-refractivity contribution in [3.05, 3.63) is 10.7 Å². The molecule has 0 bridgehead atoms. The highest BCUT2D eigenvalue weighted by atomic mass is 79.9.